The maximum atomic E-state index is 5.51. The summed E-state index contributed by atoms with van der Waals surface area (Å²) < 4.78 is 0. The summed E-state index contributed by atoms with van der Waals surface area (Å²) in [4.78, 5) is 0. The van der Waals surface area contributed by atoms with Gasteiger partial charge in [0.15, 0.2) is 0 Å². The number of nitrogens with two attached hydrogens (primary N) is 1. The average Bonchev–Trinajstić information content (AvgIpc) is 1.93. The molecule has 0 spiro atoms. The van der Waals surface area contributed by atoms with Gasteiger partial charge in [-0.1, -0.05) is 27.7 Å². The second-order valence-electron chi connectivity index (χ2n) is 6.02. The summed E-state index contributed by atoms with van der Waals surface area (Å²) in [5.74, 6) is 0.966. The standard InChI is InChI=1S/C12H25N/c1-11(2,3)12(4)8-10(9-12)6-5-7-13/h10H,5-9,13H2,1-4H3. The van der Waals surface area contributed by atoms with Crippen molar-refractivity contribution in [3.05, 3.63) is 0 Å². The summed E-state index contributed by atoms with van der Waals surface area (Å²) in [6.45, 7) is 10.4. The molecular weight excluding hydrogens is 158 g/mol. The van der Waals surface area contributed by atoms with E-state index in [0.29, 0.717) is 10.8 Å². The van der Waals surface area contributed by atoms with E-state index in [0.717, 1.165) is 12.5 Å². The van der Waals surface area contributed by atoms with Crippen LogP contribution in [0.2, 0.25) is 0 Å². The van der Waals surface area contributed by atoms with Crippen LogP contribution in [0.3, 0.4) is 0 Å². The van der Waals surface area contributed by atoms with Crippen molar-refractivity contribution < 1.29 is 0 Å². The molecule has 2 N–H and O–H groups in total. The summed E-state index contributed by atoms with van der Waals surface area (Å²) in [5, 5.41) is 0. The van der Waals surface area contributed by atoms with E-state index < -0.39 is 0 Å². The quantitative estimate of drug-likeness (QED) is 0.714. The first kappa shape index (κ1) is 11.0. The first-order chi connectivity index (χ1) is 5.89. The van der Waals surface area contributed by atoms with Crippen LogP contribution in [-0.4, -0.2) is 6.54 Å². The molecule has 0 amide bonds. The van der Waals surface area contributed by atoms with Crippen LogP contribution >= 0.6 is 0 Å². The molecule has 1 fully saturated rings. The Balaban J connectivity index is 2.31. The molecule has 0 atom stereocenters. The molecule has 0 aromatic heterocycles. The average molecular weight is 183 g/mol. The zero-order chi connectivity index (χ0) is 10.1. The van der Waals surface area contributed by atoms with Crippen LogP contribution in [0.1, 0.15) is 53.4 Å². The molecule has 0 aromatic carbocycles. The third kappa shape index (κ3) is 2.25. The highest BCUT2D eigenvalue weighted by molar-refractivity contribution is 4.97. The molecular formula is C12H25N. The van der Waals surface area contributed by atoms with Crippen LogP contribution in [-0.2, 0) is 0 Å². The predicted molar refractivity (Wildman–Crippen MR) is 58.6 cm³/mol. The molecule has 1 heteroatoms. The van der Waals surface area contributed by atoms with Gasteiger partial charge < -0.3 is 5.73 Å². The van der Waals surface area contributed by atoms with Crippen molar-refractivity contribution >= 4 is 0 Å². The van der Waals surface area contributed by atoms with Crippen molar-refractivity contribution in [1.82, 2.24) is 0 Å². The second-order valence-corrected chi connectivity index (χ2v) is 6.02. The van der Waals surface area contributed by atoms with Gasteiger partial charge in [-0.15, -0.1) is 0 Å². The lowest BCUT2D eigenvalue weighted by atomic mass is 9.51. The van der Waals surface area contributed by atoms with E-state index in [1.165, 1.54) is 25.7 Å². The third-order valence-electron chi connectivity index (χ3n) is 4.11. The van der Waals surface area contributed by atoms with Crippen molar-refractivity contribution in [2.75, 3.05) is 6.54 Å². The Hall–Kier alpha value is -0.0400. The minimum Gasteiger partial charge on any atom is -0.330 e. The van der Waals surface area contributed by atoms with Gasteiger partial charge in [0.25, 0.3) is 0 Å². The van der Waals surface area contributed by atoms with Gasteiger partial charge in [0.05, 0.1) is 0 Å². The van der Waals surface area contributed by atoms with Crippen LogP contribution in [0, 0.1) is 16.7 Å². The maximum Gasteiger partial charge on any atom is -0.00772 e. The number of hydrogen-bond donors (Lipinski definition) is 1. The van der Waals surface area contributed by atoms with Gasteiger partial charge in [0, 0.05) is 0 Å². The van der Waals surface area contributed by atoms with Crippen LogP contribution in [0.5, 0.6) is 0 Å². The fraction of sp³-hybridized carbons (Fsp3) is 1.00. The highest BCUT2D eigenvalue weighted by Gasteiger charge is 2.47. The summed E-state index contributed by atoms with van der Waals surface area (Å²) >= 11 is 0. The molecule has 1 nitrogen and oxygen atoms in total. The molecule has 0 unspecified atom stereocenters. The molecule has 0 aromatic rings. The molecule has 1 rings (SSSR count). The normalized spacial score (nSPS) is 34.4. The first-order valence-corrected chi connectivity index (χ1v) is 5.59. The Labute approximate surface area is 83.1 Å². The summed E-state index contributed by atoms with van der Waals surface area (Å²) in [6, 6.07) is 0. The van der Waals surface area contributed by atoms with E-state index in [1.54, 1.807) is 0 Å². The maximum absolute atomic E-state index is 5.51. The first-order valence-electron chi connectivity index (χ1n) is 5.59. The van der Waals surface area contributed by atoms with Crippen LogP contribution in [0.4, 0.5) is 0 Å². The Morgan fingerprint density at radius 2 is 1.85 bits per heavy atom. The zero-order valence-corrected chi connectivity index (χ0v) is 9.69. The van der Waals surface area contributed by atoms with Crippen molar-refractivity contribution in [3.63, 3.8) is 0 Å². The van der Waals surface area contributed by atoms with Crippen molar-refractivity contribution in [1.29, 1.82) is 0 Å². The van der Waals surface area contributed by atoms with Crippen molar-refractivity contribution in [3.8, 4) is 0 Å². The lowest BCUT2D eigenvalue weighted by molar-refractivity contribution is -0.0367. The molecule has 0 radical (unpaired) electrons. The summed E-state index contributed by atoms with van der Waals surface area (Å²) in [7, 11) is 0. The molecule has 1 aliphatic rings. The van der Waals surface area contributed by atoms with E-state index in [1.807, 2.05) is 0 Å². The van der Waals surface area contributed by atoms with Crippen LogP contribution in [0.15, 0.2) is 0 Å². The molecule has 1 aliphatic carbocycles. The van der Waals surface area contributed by atoms with Crippen LogP contribution in [0.25, 0.3) is 0 Å². The van der Waals surface area contributed by atoms with Gasteiger partial charge in [-0.3, -0.25) is 0 Å². The zero-order valence-electron chi connectivity index (χ0n) is 9.69. The van der Waals surface area contributed by atoms with Crippen LogP contribution < -0.4 is 5.73 Å². The number of hydrogen-bond acceptors (Lipinski definition) is 1. The fourth-order valence-electron chi connectivity index (χ4n) is 2.44. The Bertz CT molecular complexity index is 160. The molecule has 0 aliphatic heterocycles. The van der Waals surface area contributed by atoms with Gasteiger partial charge in [0.1, 0.15) is 0 Å². The molecule has 0 bridgehead atoms. The predicted octanol–water partition coefficient (Wildman–Crippen LogP) is 3.19. The van der Waals surface area contributed by atoms with Crippen molar-refractivity contribution in [2.24, 2.45) is 22.5 Å². The van der Waals surface area contributed by atoms with Gasteiger partial charge in [0.2, 0.25) is 0 Å². The summed E-state index contributed by atoms with van der Waals surface area (Å²) in [5.41, 5.74) is 6.58. The topological polar surface area (TPSA) is 26.0 Å². The minimum absolute atomic E-state index is 0.478. The SMILES string of the molecule is CC(C)(C)C1(C)CC(CCCN)C1. The van der Waals surface area contributed by atoms with Gasteiger partial charge in [-0.25, -0.2) is 0 Å². The smallest absolute Gasteiger partial charge is 0.00772 e. The van der Waals surface area contributed by atoms with Gasteiger partial charge in [-0.2, -0.15) is 0 Å². The molecule has 13 heavy (non-hydrogen) atoms. The second kappa shape index (κ2) is 3.61. The highest BCUT2D eigenvalue weighted by atomic mass is 14.5. The monoisotopic (exact) mass is 183 g/mol. The van der Waals surface area contributed by atoms with E-state index >= 15 is 0 Å². The lowest BCUT2D eigenvalue weighted by Crippen LogP contribution is -2.44. The van der Waals surface area contributed by atoms with Crippen molar-refractivity contribution in [2.45, 2.75) is 53.4 Å². The van der Waals surface area contributed by atoms with E-state index in [2.05, 4.69) is 27.7 Å². The molecule has 78 valence electrons. The lowest BCUT2D eigenvalue weighted by Gasteiger charge is -2.54. The molecule has 0 heterocycles. The Morgan fingerprint density at radius 3 is 2.23 bits per heavy atom. The third-order valence-corrected chi connectivity index (χ3v) is 4.11. The number of rotatable bonds is 3. The van der Waals surface area contributed by atoms with E-state index in [-0.39, 0.29) is 0 Å². The molecule has 0 saturated heterocycles. The Kier molecular flexibility index (Phi) is 3.06. The highest BCUT2D eigenvalue weighted by Crippen LogP contribution is 2.57. The molecule has 1 saturated carbocycles. The van der Waals surface area contributed by atoms with E-state index in [9.17, 15) is 0 Å². The van der Waals surface area contributed by atoms with E-state index in [4.69, 9.17) is 5.73 Å². The summed E-state index contributed by atoms with van der Waals surface area (Å²) in [6.07, 6.45) is 5.39. The fourth-order valence-corrected chi connectivity index (χ4v) is 2.44. The van der Waals surface area contributed by atoms with Gasteiger partial charge in [-0.05, 0) is 49.0 Å². The Morgan fingerprint density at radius 1 is 1.31 bits per heavy atom. The minimum atomic E-state index is 0.478. The van der Waals surface area contributed by atoms with Gasteiger partial charge >= 0.3 is 0 Å². The largest absolute Gasteiger partial charge is 0.330 e.